The SMILES string of the molecule is CN=C(NCc1ccc(F)cc1C(F)(F)F)NCc1nc2ccccc2n1C.I. The third-order valence-corrected chi connectivity index (χ3v) is 4.34. The Hall–Kier alpha value is -2.37. The molecule has 10 heteroatoms. The minimum Gasteiger partial charge on any atom is -0.352 e. The number of rotatable bonds is 4. The number of aryl methyl sites for hydroxylation is 1. The number of aliphatic imine (C=N–C) groups is 1. The van der Waals surface area contributed by atoms with Gasteiger partial charge in [-0.1, -0.05) is 18.2 Å². The number of halogens is 5. The van der Waals surface area contributed by atoms with E-state index in [0.717, 1.165) is 29.0 Å². The predicted molar refractivity (Wildman–Crippen MR) is 115 cm³/mol. The van der Waals surface area contributed by atoms with E-state index in [2.05, 4.69) is 20.6 Å². The number of hydrogen-bond donors (Lipinski definition) is 2. The molecule has 0 spiro atoms. The summed E-state index contributed by atoms with van der Waals surface area (Å²) in [5, 5.41) is 5.85. The second-order valence-electron chi connectivity index (χ2n) is 6.15. The largest absolute Gasteiger partial charge is 0.416 e. The summed E-state index contributed by atoms with van der Waals surface area (Å²) in [6, 6.07) is 10.3. The minimum absolute atomic E-state index is 0. The van der Waals surface area contributed by atoms with Crippen molar-refractivity contribution < 1.29 is 17.6 Å². The fourth-order valence-corrected chi connectivity index (χ4v) is 2.88. The molecule has 0 unspecified atom stereocenters. The molecule has 0 amide bonds. The molecule has 2 N–H and O–H groups in total. The summed E-state index contributed by atoms with van der Waals surface area (Å²) in [7, 11) is 3.40. The van der Waals surface area contributed by atoms with E-state index in [9.17, 15) is 17.6 Å². The number of hydrogen-bond acceptors (Lipinski definition) is 2. The maximum atomic E-state index is 13.2. The molecule has 0 aliphatic rings. The molecule has 156 valence electrons. The fourth-order valence-electron chi connectivity index (χ4n) is 2.88. The van der Waals surface area contributed by atoms with Crippen LogP contribution in [0.15, 0.2) is 47.5 Å². The second-order valence-corrected chi connectivity index (χ2v) is 6.15. The number of alkyl halides is 3. The standard InChI is InChI=1S/C19H19F4N5.HI/c1-24-18(25-10-12-7-8-13(20)9-14(12)19(21,22)23)26-11-17-27-15-5-3-4-6-16(15)28(17)2;/h3-9H,10-11H2,1-2H3,(H2,24,25,26);1H. The Bertz CT molecular complexity index is 1010. The van der Waals surface area contributed by atoms with Crippen molar-refractivity contribution >= 4 is 41.0 Å². The van der Waals surface area contributed by atoms with Crippen molar-refractivity contribution in [3.05, 3.63) is 65.2 Å². The monoisotopic (exact) mass is 521 g/mol. The molecule has 3 aromatic rings. The molecule has 1 aromatic heterocycles. The highest BCUT2D eigenvalue weighted by molar-refractivity contribution is 14.0. The molecule has 0 aliphatic carbocycles. The highest BCUT2D eigenvalue weighted by Crippen LogP contribution is 2.32. The number of para-hydroxylation sites is 2. The Morgan fingerprint density at radius 1 is 1.10 bits per heavy atom. The van der Waals surface area contributed by atoms with Crippen molar-refractivity contribution in [2.75, 3.05) is 7.05 Å². The van der Waals surface area contributed by atoms with Gasteiger partial charge in [0.2, 0.25) is 0 Å². The van der Waals surface area contributed by atoms with Crippen molar-refractivity contribution in [1.82, 2.24) is 20.2 Å². The van der Waals surface area contributed by atoms with Gasteiger partial charge in [0.25, 0.3) is 0 Å². The Labute approximate surface area is 182 Å². The normalized spacial score (nSPS) is 12.0. The molecule has 0 radical (unpaired) electrons. The van der Waals surface area contributed by atoms with E-state index in [1.165, 1.54) is 7.05 Å². The number of nitrogens with zero attached hydrogens (tertiary/aromatic N) is 3. The van der Waals surface area contributed by atoms with E-state index < -0.39 is 17.6 Å². The summed E-state index contributed by atoms with van der Waals surface area (Å²) in [6.45, 7) is 0.178. The maximum absolute atomic E-state index is 13.2. The second kappa shape index (κ2) is 9.42. The lowest BCUT2D eigenvalue weighted by Gasteiger charge is -2.16. The van der Waals surface area contributed by atoms with Gasteiger partial charge in [-0.25, -0.2) is 9.37 Å². The van der Waals surface area contributed by atoms with Gasteiger partial charge >= 0.3 is 6.18 Å². The number of imidazole rings is 1. The number of guanidine groups is 1. The zero-order chi connectivity index (χ0) is 20.3. The third-order valence-electron chi connectivity index (χ3n) is 4.34. The first-order valence-corrected chi connectivity index (χ1v) is 8.50. The van der Waals surface area contributed by atoms with Crippen LogP contribution in [0.25, 0.3) is 11.0 Å². The lowest BCUT2D eigenvalue weighted by Crippen LogP contribution is -2.37. The van der Waals surface area contributed by atoms with Gasteiger partial charge in [-0.3, -0.25) is 4.99 Å². The van der Waals surface area contributed by atoms with Crippen LogP contribution in [-0.2, 0) is 26.3 Å². The average Bonchev–Trinajstić information content (AvgIpc) is 2.98. The van der Waals surface area contributed by atoms with Gasteiger partial charge in [0.1, 0.15) is 11.6 Å². The number of nitrogens with one attached hydrogen (secondary N) is 2. The average molecular weight is 521 g/mol. The lowest BCUT2D eigenvalue weighted by atomic mass is 10.1. The van der Waals surface area contributed by atoms with Crippen molar-refractivity contribution in [1.29, 1.82) is 0 Å². The molecule has 0 saturated heterocycles. The Morgan fingerprint density at radius 2 is 1.79 bits per heavy atom. The molecule has 0 fully saturated rings. The van der Waals surface area contributed by atoms with E-state index in [4.69, 9.17) is 0 Å². The van der Waals surface area contributed by atoms with Crippen LogP contribution in [0.2, 0.25) is 0 Å². The van der Waals surface area contributed by atoms with Gasteiger partial charge in [0.05, 0.1) is 23.1 Å². The molecular weight excluding hydrogens is 501 g/mol. The molecule has 0 saturated carbocycles. The van der Waals surface area contributed by atoms with E-state index in [1.807, 2.05) is 35.9 Å². The molecule has 3 rings (SSSR count). The summed E-state index contributed by atoms with van der Waals surface area (Å²) in [4.78, 5) is 8.53. The number of fused-ring (bicyclic) bond motifs is 1. The number of aromatic nitrogens is 2. The minimum atomic E-state index is -4.64. The summed E-state index contributed by atoms with van der Waals surface area (Å²) in [5.41, 5.74) is 0.750. The van der Waals surface area contributed by atoms with Crippen molar-refractivity contribution in [2.45, 2.75) is 19.3 Å². The van der Waals surface area contributed by atoms with E-state index in [1.54, 1.807) is 0 Å². The molecule has 0 bridgehead atoms. The highest BCUT2D eigenvalue weighted by Gasteiger charge is 2.33. The summed E-state index contributed by atoms with van der Waals surface area (Å²) >= 11 is 0. The van der Waals surface area contributed by atoms with Gasteiger partial charge in [0.15, 0.2) is 5.96 Å². The van der Waals surface area contributed by atoms with Crippen molar-refractivity contribution in [3.63, 3.8) is 0 Å². The van der Waals surface area contributed by atoms with Crippen LogP contribution < -0.4 is 10.6 Å². The molecule has 0 aliphatic heterocycles. The van der Waals surface area contributed by atoms with Gasteiger partial charge in [-0.05, 0) is 29.8 Å². The Balaban J connectivity index is 0.00000300. The Morgan fingerprint density at radius 3 is 2.45 bits per heavy atom. The molecule has 5 nitrogen and oxygen atoms in total. The third kappa shape index (κ3) is 5.37. The first-order chi connectivity index (χ1) is 13.3. The first kappa shape index (κ1) is 22.9. The molecule has 0 atom stereocenters. The van der Waals surface area contributed by atoms with Crippen LogP contribution in [0.5, 0.6) is 0 Å². The van der Waals surface area contributed by atoms with Crippen LogP contribution in [0.3, 0.4) is 0 Å². The summed E-state index contributed by atoms with van der Waals surface area (Å²) < 4.78 is 54.4. The molecule has 29 heavy (non-hydrogen) atoms. The van der Waals surface area contributed by atoms with Crippen molar-refractivity contribution in [3.8, 4) is 0 Å². The predicted octanol–water partition coefficient (Wildman–Crippen LogP) is 4.21. The highest BCUT2D eigenvalue weighted by atomic mass is 127. The molecular formula is C19H20F4IN5. The number of benzene rings is 2. The van der Waals surface area contributed by atoms with Gasteiger partial charge < -0.3 is 15.2 Å². The topological polar surface area (TPSA) is 54.2 Å². The van der Waals surface area contributed by atoms with Crippen LogP contribution in [0.4, 0.5) is 17.6 Å². The van der Waals surface area contributed by atoms with Gasteiger partial charge in [-0.2, -0.15) is 13.2 Å². The molecule has 1 heterocycles. The van der Waals surface area contributed by atoms with Crippen LogP contribution in [0.1, 0.15) is 17.0 Å². The quantitative estimate of drug-likeness (QED) is 0.234. The van der Waals surface area contributed by atoms with Crippen LogP contribution in [-0.4, -0.2) is 22.6 Å². The van der Waals surface area contributed by atoms with Gasteiger partial charge in [0, 0.05) is 20.6 Å². The zero-order valence-corrected chi connectivity index (χ0v) is 18.0. The smallest absolute Gasteiger partial charge is 0.352 e. The first-order valence-electron chi connectivity index (χ1n) is 8.50. The van der Waals surface area contributed by atoms with E-state index in [-0.39, 0.29) is 36.1 Å². The van der Waals surface area contributed by atoms with Gasteiger partial charge in [-0.15, -0.1) is 24.0 Å². The fraction of sp³-hybridized carbons (Fsp3) is 0.263. The maximum Gasteiger partial charge on any atom is 0.416 e. The van der Waals surface area contributed by atoms with Crippen LogP contribution in [0, 0.1) is 5.82 Å². The lowest BCUT2D eigenvalue weighted by molar-refractivity contribution is -0.138. The van der Waals surface area contributed by atoms with Crippen LogP contribution >= 0.6 is 24.0 Å². The summed E-state index contributed by atoms with van der Waals surface area (Å²) in [5.74, 6) is 0.131. The van der Waals surface area contributed by atoms with E-state index in [0.29, 0.717) is 18.6 Å². The zero-order valence-electron chi connectivity index (χ0n) is 15.7. The summed E-state index contributed by atoms with van der Waals surface area (Å²) in [6.07, 6.45) is -4.64. The van der Waals surface area contributed by atoms with E-state index >= 15 is 0 Å². The molecule has 2 aromatic carbocycles. The van der Waals surface area contributed by atoms with Crippen molar-refractivity contribution in [2.24, 2.45) is 12.0 Å². The Kier molecular flexibility index (Phi) is 7.44.